The van der Waals surface area contributed by atoms with Crippen LogP contribution in [0, 0.1) is 12.8 Å². The van der Waals surface area contributed by atoms with Gasteiger partial charge in [-0.1, -0.05) is 0 Å². The summed E-state index contributed by atoms with van der Waals surface area (Å²) in [5, 5.41) is 13.0. The van der Waals surface area contributed by atoms with Gasteiger partial charge in [0.25, 0.3) is 0 Å². The molecule has 26 heavy (non-hydrogen) atoms. The van der Waals surface area contributed by atoms with Gasteiger partial charge in [0.15, 0.2) is 11.6 Å². The number of nitrogens with zero attached hydrogens (tertiary/aromatic N) is 5. The van der Waals surface area contributed by atoms with Crippen molar-refractivity contribution < 1.29 is 9.53 Å². The van der Waals surface area contributed by atoms with Gasteiger partial charge in [-0.25, -0.2) is 4.68 Å². The summed E-state index contributed by atoms with van der Waals surface area (Å²) >= 11 is 0. The highest BCUT2D eigenvalue weighted by Crippen LogP contribution is 2.32. The second kappa shape index (κ2) is 7.03. The van der Waals surface area contributed by atoms with Gasteiger partial charge in [-0.2, -0.15) is 5.10 Å². The molecule has 2 atom stereocenters. The van der Waals surface area contributed by atoms with Gasteiger partial charge in [-0.3, -0.25) is 4.79 Å². The van der Waals surface area contributed by atoms with Crippen molar-refractivity contribution in [3.8, 4) is 5.82 Å². The number of anilines is 1. The molecule has 2 N–H and O–H groups in total. The Balaban J connectivity index is 1.34. The molecule has 4 heterocycles. The number of carbonyl (C=O) groups is 1. The molecule has 2 fully saturated rings. The highest BCUT2D eigenvalue weighted by Gasteiger charge is 2.35. The third-order valence-electron chi connectivity index (χ3n) is 5.35. The van der Waals surface area contributed by atoms with Crippen LogP contribution in [0.15, 0.2) is 24.4 Å². The van der Waals surface area contributed by atoms with E-state index in [0.717, 1.165) is 50.3 Å². The van der Waals surface area contributed by atoms with Gasteiger partial charge in [0.2, 0.25) is 5.91 Å². The summed E-state index contributed by atoms with van der Waals surface area (Å²) < 4.78 is 7.57. The van der Waals surface area contributed by atoms with Crippen molar-refractivity contribution in [2.45, 2.75) is 44.8 Å². The van der Waals surface area contributed by atoms with E-state index in [2.05, 4.69) is 20.2 Å². The third kappa shape index (κ3) is 3.41. The van der Waals surface area contributed by atoms with Crippen LogP contribution in [0.4, 0.5) is 5.82 Å². The number of nitrogens with two attached hydrogens (primary N) is 1. The summed E-state index contributed by atoms with van der Waals surface area (Å²) in [6.45, 7) is 3.78. The lowest BCUT2D eigenvalue weighted by atomic mass is 9.90. The molecule has 138 valence electrons. The Morgan fingerprint density at radius 1 is 1.12 bits per heavy atom. The van der Waals surface area contributed by atoms with Gasteiger partial charge in [0.05, 0.1) is 11.8 Å². The van der Waals surface area contributed by atoms with Crippen LogP contribution in [-0.2, 0) is 9.53 Å². The van der Waals surface area contributed by atoms with Crippen molar-refractivity contribution in [2.24, 2.45) is 11.7 Å². The number of piperidine rings is 1. The fraction of sp³-hybridized carbons (Fsp3) is 0.556. The molecule has 2 aliphatic rings. The normalized spacial score (nSPS) is 24.1. The van der Waals surface area contributed by atoms with E-state index in [9.17, 15) is 4.79 Å². The summed E-state index contributed by atoms with van der Waals surface area (Å²) in [7, 11) is 0. The minimum atomic E-state index is -0.401. The summed E-state index contributed by atoms with van der Waals surface area (Å²) in [6, 6.07) is 5.88. The van der Waals surface area contributed by atoms with Gasteiger partial charge in [-0.15, -0.1) is 10.2 Å². The Bertz CT molecular complexity index is 766. The van der Waals surface area contributed by atoms with E-state index in [-0.39, 0.29) is 12.0 Å². The number of rotatable bonds is 4. The fourth-order valence-corrected chi connectivity index (χ4v) is 3.87. The molecule has 2 aromatic rings. The SMILES string of the molecule is Cc1ccn(-c2ccc(N3CCC([C@@H]4CC[C@H](C(N)=O)O4)CC3)nn2)n1. The molecule has 0 aliphatic carbocycles. The first-order valence-electron chi connectivity index (χ1n) is 9.16. The van der Waals surface area contributed by atoms with Crippen LogP contribution in [0.3, 0.4) is 0 Å². The van der Waals surface area contributed by atoms with Crippen molar-refractivity contribution >= 4 is 11.7 Å². The van der Waals surface area contributed by atoms with Crippen molar-refractivity contribution in [1.29, 1.82) is 0 Å². The third-order valence-corrected chi connectivity index (χ3v) is 5.35. The topological polar surface area (TPSA) is 99.2 Å². The number of aryl methyl sites for hydroxylation is 1. The lowest BCUT2D eigenvalue weighted by Crippen LogP contribution is -2.39. The summed E-state index contributed by atoms with van der Waals surface area (Å²) in [5.41, 5.74) is 6.30. The fourth-order valence-electron chi connectivity index (χ4n) is 3.87. The molecule has 2 aromatic heterocycles. The van der Waals surface area contributed by atoms with Crippen molar-refractivity contribution in [1.82, 2.24) is 20.0 Å². The molecule has 0 radical (unpaired) electrons. The minimum absolute atomic E-state index is 0.158. The standard InChI is InChI=1S/C18H24N6O2/c1-12-6-11-24(22-12)17-5-4-16(20-21-17)23-9-7-13(8-10-23)14-2-3-15(26-14)18(19)25/h4-6,11,13-15H,2-3,7-10H2,1H3,(H2,19,25)/t14-,15+/m0/s1. The van der Waals surface area contributed by atoms with Crippen LogP contribution in [0.1, 0.15) is 31.4 Å². The largest absolute Gasteiger partial charge is 0.367 e. The van der Waals surface area contributed by atoms with Gasteiger partial charge in [0, 0.05) is 19.3 Å². The second-order valence-electron chi connectivity index (χ2n) is 7.12. The maximum atomic E-state index is 11.3. The lowest BCUT2D eigenvalue weighted by molar-refractivity contribution is -0.130. The molecule has 0 saturated carbocycles. The van der Waals surface area contributed by atoms with Gasteiger partial charge in [0.1, 0.15) is 6.10 Å². The second-order valence-corrected chi connectivity index (χ2v) is 7.12. The molecule has 2 saturated heterocycles. The quantitative estimate of drug-likeness (QED) is 0.884. The molecule has 0 spiro atoms. The first-order chi connectivity index (χ1) is 12.6. The van der Waals surface area contributed by atoms with Crippen molar-refractivity contribution in [3.63, 3.8) is 0 Å². The number of ether oxygens (including phenoxy) is 1. The van der Waals surface area contributed by atoms with Crippen LogP contribution in [0.25, 0.3) is 5.82 Å². The summed E-state index contributed by atoms with van der Waals surface area (Å²) in [6.07, 6.45) is 5.37. The average molecular weight is 356 g/mol. The highest BCUT2D eigenvalue weighted by atomic mass is 16.5. The van der Waals surface area contributed by atoms with Crippen LogP contribution in [-0.4, -0.2) is 51.2 Å². The molecular formula is C18H24N6O2. The number of hydrogen-bond donors (Lipinski definition) is 1. The Labute approximate surface area is 152 Å². The Morgan fingerprint density at radius 3 is 2.42 bits per heavy atom. The molecule has 8 heteroatoms. The number of hydrogen-bond acceptors (Lipinski definition) is 6. The molecule has 0 bridgehead atoms. The number of carbonyl (C=O) groups excluding carboxylic acids is 1. The van der Waals surface area contributed by atoms with E-state index in [1.807, 2.05) is 31.3 Å². The smallest absolute Gasteiger partial charge is 0.246 e. The van der Waals surface area contributed by atoms with E-state index in [1.54, 1.807) is 4.68 Å². The van der Waals surface area contributed by atoms with E-state index in [4.69, 9.17) is 10.5 Å². The van der Waals surface area contributed by atoms with Crippen molar-refractivity contribution in [3.05, 3.63) is 30.1 Å². The minimum Gasteiger partial charge on any atom is -0.367 e. The summed E-state index contributed by atoms with van der Waals surface area (Å²) in [5.74, 6) is 1.74. The molecular weight excluding hydrogens is 332 g/mol. The Morgan fingerprint density at radius 2 is 1.85 bits per heavy atom. The highest BCUT2D eigenvalue weighted by molar-refractivity contribution is 5.79. The number of aromatic nitrogens is 4. The predicted octanol–water partition coefficient (Wildman–Crippen LogP) is 1.22. The molecule has 1 amide bonds. The number of amides is 1. The van der Waals surface area contributed by atoms with Crippen LogP contribution >= 0.6 is 0 Å². The lowest BCUT2D eigenvalue weighted by Gasteiger charge is -2.35. The molecule has 4 rings (SSSR count). The van der Waals surface area contributed by atoms with Gasteiger partial charge < -0.3 is 15.4 Å². The predicted molar refractivity (Wildman–Crippen MR) is 95.9 cm³/mol. The van der Waals surface area contributed by atoms with E-state index in [0.29, 0.717) is 11.7 Å². The van der Waals surface area contributed by atoms with E-state index >= 15 is 0 Å². The van der Waals surface area contributed by atoms with Crippen LogP contribution in [0.5, 0.6) is 0 Å². The van der Waals surface area contributed by atoms with Crippen LogP contribution in [0.2, 0.25) is 0 Å². The van der Waals surface area contributed by atoms with Gasteiger partial charge in [-0.05, 0) is 56.7 Å². The average Bonchev–Trinajstić information content (AvgIpc) is 3.31. The van der Waals surface area contributed by atoms with E-state index in [1.165, 1.54) is 0 Å². The van der Waals surface area contributed by atoms with E-state index < -0.39 is 6.10 Å². The Hall–Kier alpha value is -2.48. The zero-order valence-electron chi connectivity index (χ0n) is 14.9. The van der Waals surface area contributed by atoms with Crippen molar-refractivity contribution in [2.75, 3.05) is 18.0 Å². The zero-order chi connectivity index (χ0) is 18.1. The molecule has 8 nitrogen and oxygen atoms in total. The van der Waals surface area contributed by atoms with Crippen LogP contribution < -0.4 is 10.6 Å². The molecule has 0 unspecified atom stereocenters. The summed E-state index contributed by atoms with van der Waals surface area (Å²) in [4.78, 5) is 13.5. The zero-order valence-corrected chi connectivity index (χ0v) is 14.9. The first kappa shape index (κ1) is 17.0. The molecule has 2 aliphatic heterocycles. The first-order valence-corrected chi connectivity index (χ1v) is 9.16. The monoisotopic (exact) mass is 356 g/mol. The maximum Gasteiger partial charge on any atom is 0.246 e. The van der Waals surface area contributed by atoms with Gasteiger partial charge >= 0.3 is 0 Å². The number of primary amides is 1. The Kier molecular flexibility index (Phi) is 4.58. The molecule has 0 aromatic carbocycles. The maximum absolute atomic E-state index is 11.3.